The van der Waals surface area contributed by atoms with E-state index in [0.29, 0.717) is 12.2 Å². The number of hydrogen-bond donors (Lipinski definition) is 1. The number of sulfonamides is 1. The second kappa shape index (κ2) is 8.25. The topological polar surface area (TPSA) is 66.5 Å². The lowest BCUT2D eigenvalue weighted by Crippen LogP contribution is -2.47. The Morgan fingerprint density at radius 2 is 1.66 bits per heavy atom. The summed E-state index contributed by atoms with van der Waals surface area (Å²) in [6.07, 6.45) is 1.12. The Hall–Kier alpha value is -2.86. The zero-order chi connectivity index (χ0) is 21.2. The molecule has 0 aliphatic rings. The molecule has 0 aliphatic carbocycles. The van der Waals surface area contributed by atoms with Crippen molar-refractivity contribution in [1.82, 2.24) is 5.32 Å². The quantitative estimate of drug-likeness (QED) is 0.670. The van der Waals surface area contributed by atoms with E-state index in [1.807, 2.05) is 62.4 Å². The summed E-state index contributed by atoms with van der Waals surface area (Å²) in [7, 11) is -3.63. The van der Waals surface area contributed by atoms with E-state index in [2.05, 4.69) is 5.32 Å². The van der Waals surface area contributed by atoms with Gasteiger partial charge in [0.2, 0.25) is 15.9 Å². The van der Waals surface area contributed by atoms with Crippen molar-refractivity contribution in [2.24, 2.45) is 0 Å². The predicted octanol–water partition coefficient (Wildman–Crippen LogP) is 3.93. The molecule has 6 heteroatoms. The average Bonchev–Trinajstić information content (AvgIpc) is 2.67. The van der Waals surface area contributed by atoms with E-state index in [-0.39, 0.29) is 5.91 Å². The van der Waals surface area contributed by atoms with Crippen LogP contribution in [-0.2, 0) is 21.4 Å². The number of fused-ring (bicyclic) bond motifs is 1. The molecule has 0 bridgehead atoms. The molecule has 3 aromatic carbocycles. The first kappa shape index (κ1) is 20.9. The fourth-order valence-corrected chi connectivity index (χ4v) is 4.52. The molecule has 0 heterocycles. The molecule has 1 amide bonds. The van der Waals surface area contributed by atoms with Crippen molar-refractivity contribution in [1.29, 1.82) is 0 Å². The molecule has 0 saturated carbocycles. The molecular formula is C23H26N2O3S. The Kier molecular flexibility index (Phi) is 5.94. The molecule has 0 spiro atoms. The van der Waals surface area contributed by atoms with E-state index in [1.54, 1.807) is 19.1 Å². The number of carbonyl (C=O) groups excluding carboxylic acids is 1. The van der Waals surface area contributed by atoms with Gasteiger partial charge < -0.3 is 5.32 Å². The lowest BCUT2D eigenvalue weighted by Gasteiger charge is -2.28. The van der Waals surface area contributed by atoms with Crippen molar-refractivity contribution in [3.8, 4) is 0 Å². The van der Waals surface area contributed by atoms with Crippen LogP contribution in [0.2, 0.25) is 0 Å². The molecule has 0 saturated heterocycles. The molecule has 0 radical (unpaired) electrons. The monoisotopic (exact) mass is 410 g/mol. The van der Waals surface area contributed by atoms with Gasteiger partial charge in [0.1, 0.15) is 6.04 Å². The van der Waals surface area contributed by atoms with Gasteiger partial charge in [-0.05, 0) is 66.4 Å². The highest BCUT2D eigenvalue weighted by molar-refractivity contribution is 7.92. The van der Waals surface area contributed by atoms with Crippen LogP contribution >= 0.6 is 0 Å². The van der Waals surface area contributed by atoms with Gasteiger partial charge in [0, 0.05) is 6.54 Å². The standard InChI is InChI=1S/C23H26N2O3S/c1-16-9-12-22(13-17(16)2)25(29(4,27)28)18(3)23(26)24-15-19-10-11-20-7-5-6-8-21(20)14-19/h5-14,18H,15H2,1-4H3,(H,24,26)/t18-/m1/s1. The minimum Gasteiger partial charge on any atom is -0.350 e. The summed E-state index contributed by atoms with van der Waals surface area (Å²) in [4.78, 5) is 12.8. The highest BCUT2D eigenvalue weighted by Gasteiger charge is 2.29. The van der Waals surface area contributed by atoms with Crippen LogP contribution in [0.5, 0.6) is 0 Å². The number of benzene rings is 3. The zero-order valence-corrected chi connectivity index (χ0v) is 18.0. The number of hydrogen-bond acceptors (Lipinski definition) is 3. The lowest BCUT2D eigenvalue weighted by atomic mass is 10.1. The first-order valence-corrected chi connectivity index (χ1v) is 11.3. The van der Waals surface area contributed by atoms with E-state index in [9.17, 15) is 13.2 Å². The Labute approximate surface area is 172 Å². The number of amides is 1. The minimum atomic E-state index is -3.63. The van der Waals surface area contributed by atoms with Crippen LogP contribution in [0.15, 0.2) is 60.7 Å². The minimum absolute atomic E-state index is 0.332. The Bertz CT molecular complexity index is 1160. The molecule has 0 aliphatic heterocycles. The van der Waals surface area contributed by atoms with Gasteiger partial charge >= 0.3 is 0 Å². The van der Waals surface area contributed by atoms with Crippen molar-refractivity contribution in [3.63, 3.8) is 0 Å². The van der Waals surface area contributed by atoms with Crippen molar-refractivity contribution in [2.45, 2.75) is 33.4 Å². The molecule has 0 fully saturated rings. The van der Waals surface area contributed by atoms with Crippen molar-refractivity contribution in [2.75, 3.05) is 10.6 Å². The maximum absolute atomic E-state index is 12.8. The summed E-state index contributed by atoms with van der Waals surface area (Å²) >= 11 is 0. The Morgan fingerprint density at radius 3 is 2.31 bits per heavy atom. The number of rotatable bonds is 6. The smallest absolute Gasteiger partial charge is 0.243 e. The summed E-state index contributed by atoms with van der Waals surface area (Å²) in [5.74, 6) is -0.346. The van der Waals surface area contributed by atoms with Crippen molar-refractivity contribution >= 4 is 32.4 Å². The van der Waals surface area contributed by atoms with E-state index in [4.69, 9.17) is 0 Å². The van der Waals surface area contributed by atoms with Crippen molar-refractivity contribution in [3.05, 3.63) is 77.4 Å². The SMILES string of the molecule is Cc1ccc(N([C@H](C)C(=O)NCc2ccc3ccccc3c2)S(C)(=O)=O)cc1C. The van der Waals surface area contributed by atoms with Gasteiger partial charge in [0.15, 0.2) is 0 Å². The van der Waals surface area contributed by atoms with Gasteiger partial charge in [0.05, 0.1) is 11.9 Å². The predicted molar refractivity (Wildman–Crippen MR) is 118 cm³/mol. The molecule has 3 rings (SSSR count). The Morgan fingerprint density at radius 1 is 0.966 bits per heavy atom. The van der Waals surface area contributed by atoms with E-state index >= 15 is 0 Å². The first-order valence-electron chi connectivity index (χ1n) is 9.49. The Balaban J connectivity index is 1.78. The summed E-state index contributed by atoms with van der Waals surface area (Å²) in [6, 6.07) is 18.5. The molecule has 0 aromatic heterocycles. The molecule has 152 valence electrons. The second-order valence-electron chi connectivity index (χ2n) is 7.40. The van der Waals surface area contributed by atoms with Gasteiger partial charge in [-0.1, -0.05) is 42.5 Å². The summed E-state index contributed by atoms with van der Waals surface area (Å²) < 4.78 is 26.1. The van der Waals surface area contributed by atoms with Crippen LogP contribution < -0.4 is 9.62 Å². The molecule has 29 heavy (non-hydrogen) atoms. The molecule has 5 nitrogen and oxygen atoms in total. The van der Waals surface area contributed by atoms with E-state index in [0.717, 1.165) is 33.7 Å². The highest BCUT2D eigenvalue weighted by atomic mass is 32.2. The van der Waals surface area contributed by atoms with Gasteiger partial charge in [-0.3, -0.25) is 9.10 Å². The van der Waals surface area contributed by atoms with Crippen LogP contribution in [0.25, 0.3) is 10.8 Å². The van der Waals surface area contributed by atoms with Crippen LogP contribution in [0, 0.1) is 13.8 Å². The fourth-order valence-electron chi connectivity index (χ4n) is 3.36. The van der Waals surface area contributed by atoms with E-state index < -0.39 is 16.1 Å². The third kappa shape index (κ3) is 4.77. The number of anilines is 1. The largest absolute Gasteiger partial charge is 0.350 e. The molecule has 1 N–H and O–H groups in total. The molecule has 0 unspecified atom stereocenters. The molecular weight excluding hydrogens is 384 g/mol. The maximum atomic E-state index is 12.8. The number of carbonyl (C=O) groups is 1. The lowest BCUT2D eigenvalue weighted by molar-refractivity contribution is -0.122. The zero-order valence-electron chi connectivity index (χ0n) is 17.1. The van der Waals surface area contributed by atoms with Crippen LogP contribution in [-0.4, -0.2) is 26.6 Å². The van der Waals surface area contributed by atoms with E-state index in [1.165, 1.54) is 4.31 Å². The molecule has 1 atom stereocenters. The van der Waals surface area contributed by atoms with Crippen LogP contribution in [0.4, 0.5) is 5.69 Å². The van der Waals surface area contributed by atoms with Gasteiger partial charge in [0.25, 0.3) is 0 Å². The summed E-state index contributed by atoms with van der Waals surface area (Å²) in [6.45, 7) is 5.82. The first-order chi connectivity index (χ1) is 13.7. The second-order valence-corrected chi connectivity index (χ2v) is 9.26. The summed E-state index contributed by atoms with van der Waals surface area (Å²) in [5, 5.41) is 5.10. The number of nitrogens with zero attached hydrogens (tertiary/aromatic N) is 1. The average molecular weight is 411 g/mol. The van der Waals surface area contributed by atoms with Crippen LogP contribution in [0.1, 0.15) is 23.6 Å². The van der Waals surface area contributed by atoms with Crippen molar-refractivity contribution < 1.29 is 13.2 Å². The van der Waals surface area contributed by atoms with Crippen LogP contribution in [0.3, 0.4) is 0 Å². The molecule has 3 aromatic rings. The maximum Gasteiger partial charge on any atom is 0.243 e. The number of aryl methyl sites for hydroxylation is 2. The highest BCUT2D eigenvalue weighted by Crippen LogP contribution is 2.24. The van der Waals surface area contributed by atoms with Gasteiger partial charge in [-0.15, -0.1) is 0 Å². The third-order valence-electron chi connectivity index (χ3n) is 5.11. The third-order valence-corrected chi connectivity index (χ3v) is 6.36. The number of nitrogens with one attached hydrogen (secondary N) is 1. The summed E-state index contributed by atoms with van der Waals surface area (Å²) in [5.41, 5.74) is 3.49. The fraction of sp³-hybridized carbons (Fsp3) is 0.261. The normalized spacial score (nSPS) is 12.6. The van der Waals surface area contributed by atoms with Gasteiger partial charge in [-0.2, -0.15) is 0 Å². The van der Waals surface area contributed by atoms with Gasteiger partial charge in [-0.25, -0.2) is 8.42 Å².